The predicted octanol–water partition coefficient (Wildman–Crippen LogP) is 3.73. The Labute approximate surface area is 184 Å². The fourth-order valence-corrected chi connectivity index (χ4v) is 3.20. The van der Waals surface area contributed by atoms with Crippen molar-refractivity contribution >= 4 is 11.8 Å². The highest BCUT2D eigenvalue weighted by molar-refractivity contribution is 5.93. The number of hydrogen-bond donors (Lipinski definition) is 4. The van der Waals surface area contributed by atoms with E-state index in [4.69, 9.17) is 10.2 Å². The zero-order valence-corrected chi connectivity index (χ0v) is 18.4. The highest BCUT2D eigenvalue weighted by Crippen LogP contribution is 2.22. The first-order chi connectivity index (χ1) is 15.0. The molecular weight excluding hydrogens is 406 g/mol. The highest BCUT2D eigenvalue weighted by Gasteiger charge is 2.40. The van der Waals surface area contributed by atoms with Gasteiger partial charge in [-0.2, -0.15) is 0 Å². The van der Waals surface area contributed by atoms with Gasteiger partial charge in [-0.05, 0) is 57.1 Å². The zero-order valence-electron chi connectivity index (χ0n) is 18.4. The number of amides is 2. The average Bonchev–Trinajstić information content (AvgIpc) is 3.48. The van der Waals surface area contributed by atoms with E-state index in [2.05, 4.69) is 10.6 Å². The van der Waals surface area contributed by atoms with Crippen LogP contribution < -0.4 is 10.6 Å². The summed E-state index contributed by atoms with van der Waals surface area (Å²) in [4.78, 5) is 23.7. The summed E-state index contributed by atoms with van der Waals surface area (Å²) in [7, 11) is 0. The van der Waals surface area contributed by atoms with Crippen LogP contribution in [0.25, 0.3) is 0 Å². The lowest BCUT2D eigenvalue weighted by Crippen LogP contribution is -2.35. The molecule has 0 radical (unpaired) electrons. The molecule has 0 bridgehead atoms. The minimum atomic E-state index is -0.836. The molecule has 4 N–H and O–H groups in total. The van der Waals surface area contributed by atoms with Gasteiger partial charge < -0.3 is 20.8 Å². The molecule has 31 heavy (non-hydrogen) atoms. The van der Waals surface area contributed by atoms with Crippen LogP contribution in [0.5, 0.6) is 0 Å². The molecule has 0 aromatic heterocycles. The molecule has 2 unspecified atom stereocenters. The number of carbonyl (C=O) groups is 2. The molecule has 2 amide bonds. The Morgan fingerprint density at radius 2 is 1.03 bits per heavy atom. The van der Waals surface area contributed by atoms with E-state index in [0.29, 0.717) is 19.3 Å². The average molecular weight is 445 g/mol. The third-order valence-corrected chi connectivity index (χ3v) is 5.23. The smallest absolute Gasteiger partial charge is 0.279 e. The van der Waals surface area contributed by atoms with E-state index in [1.165, 1.54) is 12.2 Å². The Kier molecular flexibility index (Phi) is 14.8. The van der Waals surface area contributed by atoms with Crippen LogP contribution in [-0.2, 0) is 9.59 Å². The van der Waals surface area contributed by atoms with E-state index >= 15 is 0 Å². The van der Waals surface area contributed by atoms with Gasteiger partial charge in [0, 0.05) is 13.2 Å². The minimum absolute atomic E-state index is 0.187. The predicted molar refractivity (Wildman–Crippen MR) is 116 cm³/mol. The first-order valence-electron chi connectivity index (χ1n) is 11.5. The number of halogens is 2. The number of aliphatic hydroxyl groups is 2. The maximum atomic E-state index is 13.9. The van der Waals surface area contributed by atoms with Gasteiger partial charge in [0.15, 0.2) is 11.7 Å². The Bertz CT molecular complexity index is 546. The number of aliphatic hydroxyl groups excluding tert-OH is 2. The molecule has 8 heteroatoms. The summed E-state index contributed by atoms with van der Waals surface area (Å²) in [5, 5.41) is 22.4. The SMILES string of the molecule is O=C(NC1CC1NC(=O)C(F)=CCCCCCCCO)C(F)=CCCCCCCCO. The van der Waals surface area contributed by atoms with Crippen LogP contribution in [0, 0.1) is 0 Å². The number of allylic oxidation sites excluding steroid dienone is 2. The van der Waals surface area contributed by atoms with Crippen LogP contribution in [0.2, 0.25) is 0 Å². The monoisotopic (exact) mass is 444 g/mol. The lowest BCUT2D eigenvalue weighted by molar-refractivity contribution is -0.120. The van der Waals surface area contributed by atoms with Gasteiger partial charge in [-0.1, -0.05) is 38.5 Å². The Balaban J connectivity index is 2.16. The summed E-state index contributed by atoms with van der Waals surface area (Å²) in [5.41, 5.74) is 0. The highest BCUT2D eigenvalue weighted by atomic mass is 19.1. The maximum Gasteiger partial charge on any atom is 0.279 e. The Morgan fingerprint density at radius 1 is 0.677 bits per heavy atom. The molecule has 0 aromatic rings. The lowest BCUT2D eigenvalue weighted by atomic mass is 10.1. The van der Waals surface area contributed by atoms with Crippen molar-refractivity contribution in [3.63, 3.8) is 0 Å². The van der Waals surface area contributed by atoms with Crippen LogP contribution in [0.3, 0.4) is 0 Å². The molecule has 0 heterocycles. The molecule has 6 nitrogen and oxygen atoms in total. The minimum Gasteiger partial charge on any atom is -0.396 e. The number of nitrogens with one attached hydrogen (secondary N) is 2. The molecule has 1 fully saturated rings. The molecule has 1 aliphatic rings. The van der Waals surface area contributed by atoms with Gasteiger partial charge in [-0.3, -0.25) is 9.59 Å². The summed E-state index contributed by atoms with van der Waals surface area (Å²) in [6.45, 7) is 0.375. The van der Waals surface area contributed by atoms with Crippen molar-refractivity contribution in [3.05, 3.63) is 23.8 Å². The first kappa shape index (κ1) is 27.2. The summed E-state index contributed by atoms with van der Waals surface area (Å²) < 4.78 is 27.7. The first-order valence-corrected chi connectivity index (χ1v) is 11.5. The van der Waals surface area contributed by atoms with E-state index in [0.717, 1.165) is 64.2 Å². The van der Waals surface area contributed by atoms with Crippen molar-refractivity contribution in [2.75, 3.05) is 13.2 Å². The van der Waals surface area contributed by atoms with Crippen LogP contribution >= 0.6 is 0 Å². The van der Waals surface area contributed by atoms with Crippen molar-refractivity contribution in [1.29, 1.82) is 0 Å². The normalized spacial score (nSPS) is 18.7. The van der Waals surface area contributed by atoms with Crippen molar-refractivity contribution in [2.24, 2.45) is 0 Å². The van der Waals surface area contributed by atoms with Gasteiger partial charge >= 0.3 is 0 Å². The van der Waals surface area contributed by atoms with Crippen LogP contribution in [0.4, 0.5) is 8.78 Å². The van der Waals surface area contributed by atoms with Gasteiger partial charge in [-0.25, -0.2) is 8.78 Å². The van der Waals surface area contributed by atoms with Gasteiger partial charge in [0.1, 0.15) is 0 Å². The standard InChI is InChI=1S/C23H38F2N2O4/c24-18(13-9-5-1-3-7-11-15-28)22(30)26-20-17-21(20)27-23(31)19(25)14-10-6-2-4-8-12-16-29/h13-14,20-21,28-29H,1-12,15-17H2,(H,26,30)(H,27,31). The van der Waals surface area contributed by atoms with Crippen molar-refractivity contribution in [2.45, 2.75) is 95.6 Å². The fourth-order valence-electron chi connectivity index (χ4n) is 3.20. The van der Waals surface area contributed by atoms with Crippen molar-refractivity contribution in [1.82, 2.24) is 10.6 Å². The molecular formula is C23H38F2N2O4. The van der Waals surface area contributed by atoms with Gasteiger partial charge in [0.2, 0.25) is 0 Å². The second-order valence-corrected chi connectivity index (χ2v) is 8.06. The van der Waals surface area contributed by atoms with Crippen LogP contribution in [0.15, 0.2) is 23.8 Å². The maximum absolute atomic E-state index is 13.9. The van der Waals surface area contributed by atoms with E-state index in [1.54, 1.807) is 0 Å². The summed E-state index contributed by atoms with van der Waals surface area (Å²) >= 11 is 0. The summed E-state index contributed by atoms with van der Waals surface area (Å²) in [6, 6.07) is -0.762. The molecule has 2 atom stereocenters. The van der Waals surface area contributed by atoms with Gasteiger partial charge in [0.05, 0.1) is 12.1 Å². The largest absolute Gasteiger partial charge is 0.396 e. The molecule has 1 aliphatic carbocycles. The van der Waals surface area contributed by atoms with E-state index in [-0.39, 0.29) is 25.3 Å². The molecule has 0 saturated heterocycles. The Hall–Kier alpha value is -1.80. The van der Waals surface area contributed by atoms with Crippen LogP contribution in [0.1, 0.15) is 83.5 Å². The number of unbranched alkanes of at least 4 members (excludes halogenated alkanes) is 10. The number of hydrogen-bond acceptors (Lipinski definition) is 4. The van der Waals surface area contributed by atoms with E-state index in [9.17, 15) is 18.4 Å². The topological polar surface area (TPSA) is 98.7 Å². The van der Waals surface area contributed by atoms with E-state index in [1.807, 2.05) is 0 Å². The van der Waals surface area contributed by atoms with Crippen molar-refractivity contribution in [3.8, 4) is 0 Å². The molecule has 1 saturated carbocycles. The second kappa shape index (κ2) is 16.8. The molecule has 0 aliphatic heterocycles. The van der Waals surface area contributed by atoms with Crippen LogP contribution in [-0.4, -0.2) is 47.3 Å². The third-order valence-electron chi connectivity index (χ3n) is 5.23. The zero-order chi connectivity index (χ0) is 22.9. The third kappa shape index (κ3) is 13.3. The molecule has 1 rings (SSSR count). The number of rotatable bonds is 18. The van der Waals surface area contributed by atoms with Gasteiger partial charge in [0.25, 0.3) is 11.8 Å². The molecule has 0 spiro atoms. The molecule has 0 aromatic carbocycles. The fraction of sp³-hybridized carbons (Fsp3) is 0.739. The summed E-state index contributed by atoms with van der Waals surface area (Å²) in [6.07, 6.45) is 12.7. The quantitative estimate of drug-likeness (QED) is 0.191. The second-order valence-electron chi connectivity index (χ2n) is 8.06. The Morgan fingerprint density at radius 3 is 1.42 bits per heavy atom. The van der Waals surface area contributed by atoms with Crippen molar-refractivity contribution < 1.29 is 28.6 Å². The molecule has 178 valence electrons. The summed E-state index contributed by atoms with van der Waals surface area (Å²) in [5.74, 6) is -3.28. The number of carbonyl (C=O) groups excluding carboxylic acids is 2. The van der Waals surface area contributed by atoms with Gasteiger partial charge in [-0.15, -0.1) is 0 Å². The lowest BCUT2D eigenvalue weighted by Gasteiger charge is -2.05. The van der Waals surface area contributed by atoms with E-state index < -0.39 is 23.5 Å².